The summed E-state index contributed by atoms with van der Waals surface area (Å²) in [7, 11) is 0. The number of hydrogen-bond donors (Lipinski definition) is 0. The molecule has 0 aromatic carbocycles. The van der Waals surface area contributed by atoms with Crippen molar-refractivity contribution in [3.8, 4) is 0 Å². The normalized spacial score (nSPS) is 12.3. The van der Waals surface area contributed by atoms with E-state index in [1.165, 1.54) is 154 Å². The van der Waals surface area contributed by atoms with E-state index in [0.29, 0.717) is 0 Å². The van der Waals surface area contributed by atoms with Crippen LogP contribution >= 0.6 is 0 Å². The lowest BCUT2D eigenvalue weighted by Crippen LogP contribution is -1.99. The predicted molar refractivity (Wildman–Crippen MR) is 136 cm³/mol. The molecule has 0 spiro atoms. The number of allylic oxidation sites excluding steroid dienone is 1. The number of hydrogen-bond acceptors (Lipinski definition) is 0. The predicted octanol–water partition coefficient (Wildman–Crippen LogP) is 11.2. The van der Waals surface area contributed by atoms with Gasteiger partial charge in [0.25, 0.3) is 0 Å². The zero-order chi connectivity index (χ0) is 21.3. The van der Waals surface area contributed by atoms with Gasteiger partial charge in [0.15, 0.2) is 0 Å². The second kappa shape index (κ2) is 25.8. The molecule has 29 heavy (non-hydrogen) atoms. The van der Waals surface area contributed by atoms with Crippen LogP contribution in [0.5, 0.6) is 0 Å². The van der Waals surface area contributed by atoms with Crippen molar-refractivity contribution in [2.24, 2.45) is 5.92 Å². The molecule has 1 unspecified atom stereocenters. The van der Waals surface area contributed by atoms with Gasteiger partial charge in [-0.15, -0.1) is 6.58 Å². The Bertz CT molecular complexity index is 292. The molecule has 1 atom stereocenters. The van der Waals surface area contributed by atoms with Gasteiger partial charge in [0.1, 0.15) is 0 Å². The fourth-order valence-electron chi connectivity index (χ4n) is 4.61. The first-order valence-electron chi connectivity index (χ1n) is 14.0. The van der Waals surface area contributed by atoms with E-state index >= 15 is 0 Å². The Morgan fingerprint density at radius 2 is 0.828 bits per heavy atom. The van der Waals surface area contributed by atoms with Crippen molar-refractivity contribution >= 4 is 0 Å². The van der Waals surface area contributed by atoms with Gasteiger partial charge in [-0.1, -0.05) is 161 Å². The first-order valence-corrected chi connectivity index (χ1v) is 14.0. The molecule has 0 nitrogen and oxygen atoms in total. The van der Waals surface area contributed by atoms with E-state index in [-0.39, 0.29) is 0 Å². The highest BCUT2D eigenvalue weighted by molar-refractivity contribution is 4.66. The summed E-state index contributed by atoms with van der Waals surface area (Å²) in [4.78, 5) is 0. The molecule has 0 radical (unpaired) electrons. The zero-order valence-corrected chi connectivity index (χ0v) is 20.8. The van der Waals surface area contributed by atoms with E-state index in [1.807, 2.05) is 0 Å². The summed E-state index contributed by atoms with van der Waals surface area (Å²) in [5, 5.41) is 0. The molecule has 0 amide bonds. The Labute approximate surface area is 186 Å². The fourth-order valence-corrected chi connectivity index (χ4v) is 4.61. The van der Waals surface area contributed by atoms with Crippen molar-refractivity contribution in [2.45, 2.75) is 168 Å². The second-order valence-corrected chi connectivity index (χ2v) is 9.65. The molecule has 0 fully saturated rings. The molecule has 0 aliphatic rings. The lowest BCUT2D eigenvalue weighted by atomic mass is 9.92. The van der Waals surface area contributed by atoms with Gasteiger partial charge in [-0.25, -0.2) is 0 Å². The quantitative estimate of drug-likeness (QED) is 0.104. The fraction of sp³-hybridized carbons (Fsp3) is 0.931. The molecule has 0 rings (SSSR count). The van der Waals surface area contributed by atoms with Crippen molar-refractivity contribution in [1.29, 1.82) is 0 Å². The van der Waals surface area contributed by atoms with Gasteiger partial charge in [0, 0.05) is 0 Å². The summed E-state index contributed by atoms with van der Waals surface area (Å²) in [5.74, 6) is 1.00. The average Bonchev–Trinajstić information content (AvgIpc) is 2.74. The molecule has 0 bridgehead atoms. The maximum atomic E-state index is 3.81. The van der Waals surface area contributed by atoms with Crippen LogP contribution in [-0.2, 0) is 0 Å². The summed E-state index contributed by atoms with van der Waals surface area (Å²) in [5.41, 5.74) is 0. The van der Waals surface area contributed by atoms with Crippen LogP contribution in [0, 0.1) is 5.92 Å². The SMILES string of the molecule is C=CCCCCCCC(CC)CCCCCCCCCCCCCCCCCC. The zero-order valence-electron chi connectivity index (χ0n) is 20.8. The van der Waals surface area contributed by atoms with Crippen molar-refractivity contribution in [1.82, 2.24) is 0 Å². The highest BCUT2D eigenvalue weighted by Crippen LogP contribution is 2.22. The molecule has 0 saturated heterocycles. The van der Waals surface area contributed by atoms with Crippen LogP contribution in [0.3, 0.4) is 0 Å². The molecule has 0 aliphatic heterocycles. The Hall–Kier alpha value is -0.260. The van der Waals surface area contributed by atoms with Crippen molar-refractivity contribution in [2.75, 3.05) is 0 Å². The van der Waals surface area contributed by atoms with Crippen molar-refractivity contribution in [3.05, 3.63) is 12.7 Å². The van der Waals surface area contributed by atoms with Gasteiger partial charge in [-0.05, 0) is 18.8 Å². The van der Waals surface area contributed by atoms with Gasteiger partial charge < -0.3 is 0 Å². The van der Waals surface area contributed by atoms with Crippen LogP contribution < -0.4 is 0 Å². The molecule has 0 N–H and O–H groups in total. The Morgan fingerprint density at radius 1 is 0.483 bits per heavy atom. The Kier molecular flexibility index (Phi) is 25.5. The van der Waals surface area contributed by atoms with Gasteiger partial charge in [-0.3, -0.25) is 0 Å². The first kappa shape index (κ1) is 28.7. The maximum Gasteiger partial charge on any atom is -0.0353 e. The van der Waals surface area contributed by atoms with E-state index in [0.717, 1.165) is 5.92 Å². The minimum absolute atomic E-state index is 1.00. The van der Waals surface area contributed by atoms with E-state index < -0.39 is 0 Å². The molecule has 0 saturated carbocycles. The highest BCUT2D eigenvalue weighted by atomic mass is 14.1. The third-order valence-corrected chi connectivity index (χ3v) is 6.81. The molecular weight excluding hydrogens is 348 g/mol. The monoisotopic (exact) mass is 406 g/mol. The van der Waals surface area contributed by atoms with Gasteiger partial charge in [0.2, 0.25) is 0 Å². The topological polar surface area (TPSA) is 0 Å². The van der Waals surface area contributed by atoms with Gasteiger partial charge in [0.05, 0.1) is 0 Å². The van der Waals surface area contributed by atoms with E-state index in [4.69, 9.17) is 0 Å². The van der Waals surface area contributed by atoms with Crippen LogP contribution in [0.4, 0.5) is 0 Å². The lowest BCUT2D eigenvalue weighted by molar-refractivity contribution is 0.393. The molecular formula is C29H58. The van der Waals surface area contributed by atoms with Crippen molar-refractivity contribution in [3.63, 3.8) is 0 Å². The summed E-state index contributed by atoms with van der Waals surface area (Å²) in [6, 6.07) is 0. The standard InChI is InChI=1S/C29H58/c1-4-7-9-11-13-14-15-16-17-18-19-20-21-22-24-26-28-29(6-3)27-25-23-12-10-8-5-2/h5,29H,2,4,6-28H2,1,3H3. The Balaban J connectivity index is 3.22. The average molecular weight is 407 g/mol. The maximum absolute atomic E-state index is 3.81. The van der Waals surface area contributed by atoms with Crippen LogP contribution in [0.25, 0.3) is 0 Å². The minimum atomic E-state index is 1.00. The van der Waals surface area contributed by atoms with Crippen LogP contribution in [0.15, 0.2) is 12.7 Å². The summed E-state index contributed by atoms with van der Waals surface area (Å²) < 4.78 is 0. The summed E-state index contributed by atoms with van der Waals surface area (Å²) in [6.07, 6.45) is 36.8. The highest BCUT2D eigenvalue weighted by Gasteiger charge is 2.05. The lowest BCUT2D eigenvalue weighted by Gasteiger charge is -2.14. The smallest absolute Gasteiger partial charge is 0.0353 e. The van der Waals surface area contributed by atoms with Gasteiger partial charge in [-0.2, -0.15) is 0 Å². The molecule has 0 heteroatoms. The number of unbranched alkanes of at least 4 members (excludes halogenated alkanes) is 19. The second-order valence-electron chi connectivity index (χ2n) is 9.65. The van der Waals surface area contributed by atoms with E-state index in [9.17, 15) is 0 Å². The third kappa shape index (κ3) is 23.9. The summed E-state index contributed by atoms with van der Waals surface area (Å²) >= 11 is 0. The first-order chi connectivity index (χ1) is 14.3. The third-order valence-electron chi connectivity index (χ3n) is 6.81. The molecule has 0 aromatic rings. The van der Waals surface area contributed by atoms with Crippen LogP contribution in [0.1, 0.15) is 168 Å². The largest absolute Gasteiger partial charge is 0.103 e. The Morgan fingerprint density at radius 3 is 1.17 bits per heavy atom. The molecule has 0 heterocycles. The number of rotatable bonds is 25. The minimum Gasteiger partial charge on any atom is -0.103 e. The van der Waals surface area contributed by atoms with E-state index in [1.54, 1.807) is 0 Å². The van der Waals surface area contributed by atoms with Crippen LogP contribution in [-0.4, -0.2) is 0 Å². The van der Waals surface area contributed by atoms with Gasteiger partial charge >= 0.3 is 0 Å². The van der Waals surface area contributed by atoms with E-state index in [2.05, 4.69) is 26.5 Å². The van der Waals surface area contributed by atoms with Crippen LogP contribution in [0.2, 0.25) is 0 Å². The molecule has 0 aromatic heterocycles. The molecule has 0 aliphatic carbocycles. The summed E-state index contributed by atoms with van der Waals surface area (Å²) in [6.45, 7) is 8.51. The molecule has 174 valence electrons. The van der Waals surface area contributed by atoms with Crippen molar-refractivity contribution < 1.29 is 0 Å².